The fourth-order valence-electron chi connectivity index (χ4n) is 3.91. The maximum Gasteiger partial charge on any atom is 0.199 e. The highest BCUT2D eigenvalue weighted by atomic mass is 16.3. The van der Waals surface area contributed by atoms with Gasteiger partial charge in [0.1, 0.15) is 5.52 Å². The highest BCUT2D eigenvalue weighted by molar-refractivity contribution is 5.83. The van der Waals surface area contributed by atoms with E-state index in [4.69, 9.17) is 9.40 Å². The number of H-pyrrole nitrogens is 1. The van der Waals surface area contributed by atoms with Crippen LogP contribution >= 0.6 is 0 Å². The van der Waals surface area contributed by atoms with Gasteiger partial charge < -0.3 is 9.40 Å². The lowest BCUT2D eigenvalue weighted by Gasteiger charge is -2.14. The first-order chi connectivity index (χ1) is 12.3. The molecule has 1 atom stereocenters. The van der Waals surface area contributed by atoms with Crippen LogP contribution in [0.1, 0.15) is 29.4 Å². The van der Waals surface area contributed by atoms with E-state index >= 15 is 0 Å². The Morgan fingerprint density at radius 1 is 1.24 bits per heavy atom. The Morgan fingerprint density at radius 3 is 3.12 bits per heavy atom. The molecule has 1 saturated heterocycles. The van der Waals surface area contributed by atoms with Crippen LogP contribution in [-0.4, -0.2) is 28.0 Å². The molecule has 3 heterocycles. The molecule has 1 N–H and O–H groups in total. The van der Waals surface area contributed by atoms with Crippen molar-refractivity contribution < 1.29 is 4.42 Å². The number of benzene rings is 2. The molecule has 126 valence electrons. The quantitative estimate of drug-likeness (QED) is 0.596. The molecule has 2 aromatic carbocycles. The molecule has 0 radical (unpaired) electrons. The zero-order valence-corrected chi connectivity index (χ0v) is 14.3. The van der Waals surface area contributed by atoms with Crippen molar-refractivity contribution in [1.29, 1.82) is 0 Å². The van der Waals surface area contributed by atoms with E-state index in [1.165, 1.54) is 22.0 Å². The number of oxazole rings is 1. The average Bonchev–Trinajstić information content (AvgIpc) is 3.33. The van der Waals surface area contributed by atoms with E-state index < -0.39 is 0 Å². The standard InChI is InChI=1S/C21H21N3O/c1-14-6-7-20-19(10-14)23-21(25-20)15-8-9-24(12-15)13-16-11-22-18-5-3-2-4-17(16)18/h2-7,10-11,15,22H,8-9,12-13H2,1H3. The number of para-hydroxylation sites is 1. The van der Waals surface area contributed by atoms with Crippen molar-refractivity contribution in [1.82, 2.24) is 14.9 Å². The number of aryl methyl sites for hydroxylation is 1. The van der Waals surface area contributed by atoms with Gasteiger partial charge in [0.25, 0.3) is 0 Å². The predicted molar refractivity (Wildman–Crippen MR) is 99.7 cm³/mol. The van der Waals surface area contributed by atoms with Crippen molar-refractivity contribution in [2.45, 2.75) is 25.8 Å². The molecule has 1 fully saturated rings. The Kier molecular flexibility index (Phi) is 3.38. The number of aromatic nitrogens is 2. The second-order valence-corrected chi connectivity index (χ2v) is 7.10. The Hall–Kier alpha value is -2.59. The molecule has 4 heteroatoms. The summed E-state index contributed by atoms with van der Waals surface area (Å²) in [5.41, 5.74) is 5.67. The van der Waals surface area contributed by atoms with Crippen LogP contribution in [0.3, 0.4) is 0 Å². The molecule has 0 spiro atoms. The van der Waals surface area contributed by atoms with Gasteiger partial charge in [-0.15, -0.1) is 0 Å². The third-order valence-corrected chi connectivity index (χ3v) is 5.25. The van der Waals surface area contributed by atoms with Crippen LogP contribution in [0.2, 0.25) is 0 Å². The minimum Gasteiger partial charge on any atom is -0.440 e. The van der Waals surface area contributed by atoms with Gasteiger partial charge in [-0.3, -0.25) is 4.90 Å². The monoisotopic (exact) mass is 331 g/mol. The summed E-state index contributed by atoms with van der Waals surface area (Å²) in [5.74, 6) is 1.28. The maximum atomic E-state index is 6.02. The molecular formula is C21H21N3O. The molecule has 1 aliphatic rings. The summed E-state index contributed by atoms with van der Waals surface area (Å²) < 4.78 is 6.02. The van der Waals surface area contributed by atoms with E-state index in [2.05, 4.69) is 59.4 Å². The number of hydrogen-bond donors (Lipinski definition) is 1. The highest BCUT2D eigenvalue weighted by Crippen LogP contribution is 2.31. The summed E-state index contributed by atoms with van der Waals surface area (Å²) in [5, 5.41) is 1.32. The van der Waals surface area contributed by atoms with Gasteiger partial charge in [0.15, 0.2) is 11.5 Å². The van der Waals surface area contributed by atoms with E-state index in [0.717, 1.165) is 43.0 Å². The number of fused-ring (bicyclic) bond motifs is 2. The van der Waals surface area contributed by atoms with Gasteiger partial charge in [-0.2, -0.15) is 0 Å². The Balaban J connectivity index is 1.35. The second-order valence-electron chi connectivity index (χ2n) is 7.10. The number of aromatic amines is 1. The Bertz CT molecular complexity index is 1050. The molecule has 0 saturated carbocycles. The van der Waals surface area contributed by atoms with Gasteiger partial charge in [0.05, 0.1) is 0 Å². The fourth-order valence-corrected chi connectivity index (χ4v) is 3.91. The van der Waals surface area contributed by atoms with Gasteiger partial charge in [-0.25, -0.2) is 4.98 Å². The molecule has 1 unspecified atom stereocenters. The first kappa shape index (κ1) is 14.7. The van der Waals surface area contributed by atoms with Crippen LogP contribution in [0.25, 0.3) is 22.0 Å². The van der Waals surface area contributed by atoms with Crippen molar-refractivity contribution in [2.24, 2.45) is 0 Å². The SMILES string of the molecule is Cc1ccc2oc(C3CCN(Cc4c[nH]c5ccccc45)C3)nc2c1. The lowest BCUT2D eigenvalue weighted by atomic mass is 10.1. The molecule has 2 aromatic heterocycles. The van der Waals surface area contributed by atoms with Crippen LogP contribution in [0.4, 0.5) is 0 Å². The molecule has 25 heavy (non-hydrogen) atoms. The van der Waals surface area contributed by atoms with E-state index in [1.807, 2.05) is 6.07 Å². The normalized spacial score (nSPS) is 18.5. The highest BCUT2D eigenvalue weighted by Gasteiger charge is 2.28. The van der Waals surface area contributed by atoms with Crippen LogP contribution in [-0.2, 0) is 6.54 Å². The van der Waals surface area contributed by atoms with Crippen LogP contribution in [0.5, 0.6) is 0 Å². The van der Waals surface area contributed by atoms with Crippen LogP contribution < -0.4 is 0 Å². The summed E-state index contributed by atoms with van der Waals surface area (Å²) in [6, 6.07) is 14.7. The minimum absolute atomic E-state index is 0.387. The van der Waals surface area contributed by atoms with Gasteiger partial charge >= 0.3 is 0 Å². The molecule has 0 amide bonds. The third kappa shape index (κ3) is 2.63. The average molecular weight is 331 g/mol. The summed E-state index contributed by atoms with van der Waals surface area (Å²) in [7, 11) is 0. The zero-order valence-electron chi connectivity index (χ0n) is 14.3. The molecule has 1 aliphatic heterocycles. The molecule has 0 aliphatic carbocycles. The Morgan fingerprint density at radius 2 is 2.16 bits per heavy atom. The first-order valence-electron chi connectivity index (χ1n) is 8.91. The van der Waals surface area contributed by atoms with Crippen molar-refractivity contribution >= 4 is 22.0 Å². The van der Waals surface area contributed by atoms with Crippen molar-refractivity contribution in [2.75, 3.05) is 13.1 Å². The molecule has 0 bridgehead atoms. The van der Waals surface area contributed by atoms with Crippen molar-refractivity contribution in [3.8, 4) is 0 Å². The first-order valence-corrected chi connectivity index (χ1v) is 8.91. The van der Waals surface area contributed by atoms with Crippen molar-refractivity contribution in [3.05, 3.63) is 65.7 Å². The van der Waals surface area contributed by atoms with E-state index in [1.54, 1.807) is 0 Å². The van der Waals surface area contributed by atoms with Gasteiger partial charge in [0.2, 0.25) is 0 Å². The van der Waals surface area contributed by atoms with Gasteiger partial charge in [0, 0.05) is 36.1 Å². The lowest BCUT2D eigenvalue weighted by molar-refractivity contribution is 0.322. The zero-order chi connectivity index (χ0) is 16.8. The summed E-state index contributed by atoms with van der Waals surface area (Å²) in [6.07, 6.45) is 3.24. The Labute approximate surface area is 146 Å². The molecule has 5 rings (SSSR count). The van der Waals surface area contributed by atoms with Crippen molar-refractivity contribution in [3.63, 3.8) is 0 Å². The van der Waals surface area contributed by atoms with Crippen LogP contribution in [0, 0.1) is 6.92 Å². The topological polar surface area (TPSA) is 45.1 Å². The van der Waals surface area contributed by atoms with Gasteiger partial charge in [-0.1, -0.05) is 24.3 Å². The summed E-state index contributed by atoms with van der Waals surface area (Å²) in [4.78, 5) is 10.6. The molecular weight excluding hydrogens is 310 g/mol. The summed E-state index contributed by atoms with van der Waals surface area (Å²) in [6.45, 7) is 5.15. The minimum atomic E-state index is 0.387. The smallest absolute Gasteiger partial charge is 0.199 e. The van der Waals surface area contributed by atoms with Crippen LogP contribution in [0.15, 0.2) is 53.1 Å². The number of hydrogen-bond acceptors (Lipinski definition) is 3. The largest absolute Gasteiger partial charge is 0.440 e. The van der Waals surface area contributed by atoms with E-state index in [0.29, 0.717) is 5.92 Å². The number of nitrogens with one attached hydrogen (secondary N) is 1. The fraction of sp³-hybridized carbons (Fsp3) is 0.286. The van der Waals surface area contributed by atoms with E-state index in [9.17, 15) is 0 Å². The third-order valence-electron chi connectivity index (χ3n) is 5.25. The second kappa shape index (κ2) is 5.74. The molecule has 4 nitrogen and oxygen atoms in total. The number of nitrogens with zero attached hydrogens (tertiary/aromatic N) is 2. The van der Waals surface area contributed by atoms with E-state index in [-0.39, 0.29) is 0 Å². The predicted octanol–water partition coefficient (Wildman–Crippen LogP) is 4.61. The summed E-state index contributed by atoms with van der Waals surface area (Å²) >= 11 is 0. The molecule has 4 aromatic rings. The number of rotatable bonds is 3. The number of likely N-dealkylation sites (tertiary alicyclic amines) is 1. The van der Waals surface area contributed by atoms with Gasteiger partial charge in [-0.05, 0) is 49.2 Å². The lowest BCUT2D eigenvalue weighted by Crippen LogP contribution is -2.19. The maximum absolute atomic E-state index is 6.02.